The number of hydrogen-bond acceptors (Lipinski definition) is 3. The van der Waals surface area contributed by atoms with E-state index in [-0.39, 0.29) is 18.1 Å². The quantitative estimate of drug-likeness (QED) is 0.709. The summed E-state index contributed by atoms with van der Waals surface area (Å²) in [5.41, 5.74) is 1.49. The zero-order chi connectivity index (χ0) is 17.7. The van der Waals surface area contributed by atoms with Crippen molar-refractivity contribution >= 4 is 22.7 Å². The maximum atomic E-state index is 12.8. The number of carbonyl (C=O) groups excluding carboxylic acids is 1. The van der Waals surface area contributed by atoms with Crippen molar-refractivity contribution in [3.8, 4) is 0 Å². The van der Waals surface area contributed by atoms with Crippen molar-refractivity contribution in [1.29, 1.82) is 0 Å². The van der Waals surface area contributed by atoms with Gasteiger partial charge >= 0.3 is 5.69 Å². The molecule has 1 aliphatic rings. The van der Waals surface area contributed by atoms with Gasteiger partial charge in [0.05, 0.1) is 11.0 Å². The Balaban J connectivity index is 1.68. The molecule has 0 saturated carbocycles. The number of hydrogen-bond donors (Lipinski definition) is 0. The first-order valence-corrected chi connectivity index (χ1v) is 8.76. The van der Waals surface area contributed by atoms with E-state index in [0.29, 0.717) is 17.6 Å². The molecule has 4 rings (SSSR count). The minimum atomic E-state index is -0.266. The summed E-state index contributed by atoms with van der Waals surface area (Å²) in [6, 6.07) is 7.68. The van der Waals surface area contributed by atoms with Gasteiger partial charge in [-0.2, -0.15) is 0 Å². The van der Waals surface area contributed by atoms with Crippen molar-refractivity contribution in [3.63, 3.8) is 0 Å². The molecular formula is C18H23N5O2. The molecule has 0 unspecified atom stereocenters. The fourth-order valence-corrected chi connectivity index (χ4v) is 4.07. The highest BCUT2D eigenvalue weighted by Gasteiger charge is 2.26. The van der Waals surface area contributed by atoms with E-state index in [4.69, 9.17) is 0 Å². The highest BCUT2D eigenvalue weighted by Crippen LogP contribution is 2.21. The van der Waals surface area contributed by atoms with Gasteiger partial charge in [0.2, 0.25) is 11.7 Å². The molecule has 0 N–H and O–H groups in total. The molecule has 2 aromatic heterocycles. The topological polar surface area (TPSA) is 64.5 Å². The van der Waals surface area contributed by atoms with E-state index in [1.165, 1.54) is 4.68 Å². The van der Waals surface area contributed by atoms with E-state index in [9.17, 15) is 9.59 Å². The van der Waals surface area contributed by atoms with Gasteiger partial charge in [-0.1, -0.05) is 26.0 Å². The van der Waals surface area contributed by atoms with Crippen LogP contribution in [0, 0.1) is 11.8 Å². The van der Waals surface area contributed by atoms with Crippen molar-refractivity contribution in [3.05, 3.63) is 34.7 Å². The second-order valence-corrected chi connectivity index (χ2v) is 7.37. The highest BCUT2D eigenvalue weighted by molar-refractivity contribution is 5.80. The van der Waals surface area contributed by atoms with Gasteiger partial charge in [0.25, 0.3) is 0 Å². The Morgan fingerprint density at radius 3 is 2.48 bits per heavy atom. The highest BCUT2D eigenvalue weighted by atomic mass is 16.2. The standard InChI is InChI=1S/C18H23N5O2/c1-12-8-13(2)10-21(9-12)16(24)11-22-18(25)23-15-7-5-4-6-14(15)20(3)17(23)19-22/h4-7,12-13H,8-11H2,1-3H3/t12-,13-/m0/s1. The summed E-state index contributed by atoms with van der Waals surface area (Å²) in [6.45, 7) is 5.84. The molecule has 1 aliphatic heterocycles. The molecule has 2 atom stereocenters. The van der Waals surface area contributed by atoms with Gasteiger partial charge < -0.3 is 9.47 Å². The van der Waals surface area contributed by atoms with E-state index in [1.54, 1.807) is 4.40 Å². The lowest BCUT2D eigenvalue weighted by atomic mass is 9.92. The third-order valence-electron chi connectivity index (χ3n) is 5.11. The predicted octanol–water partition coefficient (Wildman–Crippen LogP) is 1.49. The third kappa shape index (κ3) is 2.54. The molecule has 0 bridgehead atoms. The normalized spacial score (nSPS) is 21.3. The Morgan fingerprint density at radius 1 is 1.16 bits per heavy atom. The number of piperidine rings is 1. The number of aryl methyl sites for hydroxylation is 1. The molecule has 1 saturated heterocycles. The number of benzene rings is 1. The minimum absolute atomic E-state index is 0.00567. The molecule has 0 radical (unpaired) electrons. The Labute approximate surface area is 145 Å². The molecule has 7 nitrogen and oxygen atoms in total. The average molecular weight is 341 g/mol. The van der Waals surface area contributed by atoms with Crippen molar-refractivity contribution in [2.45, 2.75) is 26.8 Å². The van der Waals surface area contributed by atoms with E-state index in [1.807, 2.05) is 40.8 Å². The summed E-state index contributed by atoms with van der Waals surface area (Å²) < 4.78 is 4.74. The smallest absolute Gasteiger partial charge is 0.341 e. The lowest BCUT2D eigenvalue weighted by molar-refractivity contribution is -0.134. The van der Waals surface area contributed by atoms with Crippen LogP contribution in [0.4, 0.5) is 0 Å². The van der Waals surface area contributed by atoms with Gasteiger partial charge in [-0.05, 0) is 30.4 Å². The summed E-state index contributed by atoms with van der Waals surface area (Å²) in [5, 5.41) is 4.40. The van der Waals surface area contributed by atoms with E-state index in [2.05, 4.69) is 18.9 Å². The van der Waals surface area contributed by atoms with Gasteiger partial charge in [0, 0.05) is 20.1 Å². The zero-order valence-electron chi connectivity index (χ0n) is 14.8. The first kappa shape index (κ1) is 15.9. The Bertz CT molecular complexity index is 1000. The maximum absolute atomic E-state index is 12.8. The number of likely N-dealkylation sites (tertiary alicyclic amines) is 1. The SMILES string of the molecule is C[C@H]1C[C@H](C)CN(C(=O)Cn2nc3n(C)c4ccccc4n3c2=O)C1. The van der Waals surface area contributed by atoms with Gasteiger partial charge in [0.15, 0.2) is 0 Å². The van der Waals surface area contributed by atoms with Gasteiger partial charge in [-0.3, -0.25) is 4.79 Å². The summed E-state index contributed by atoms with van der Waals surface area (Å²) in [4.78, 5) is 27.3. The van der Waals surface area contributed by atoms with Crippen LogP contribution in [0.2, 0.25) is 0 Å². The molecule has 1 aromatic carbocycles. The van der Waals surface area contributed by atoms with Crippen LogP contribution < -0.4 is 5.69 Å². The molecule has 1 fully saturated rings. The summed E-state index contributed by atoms with van der Waals surface area (Å²) in [7, 11) is 1.88. The first-order chi connectivity index (χ1) is 12.0. The van der Waals surface area contributed by atoms with Crippen LogP contribution in [0.15, 0.2) is 29.1 Å². The average Bonchev–Trinajstić information content (AvgIpc) is 3.03. The molecular weight excluding hydrogens is 318 g/mol. The second kappa shape index (κ2) is 5.75. The number of para-hydroxylation sites is 2. The predicted molar refractivity (Wildman–Crippen MR) is 95.5 cm³/mol. The second-order valence-electron chi connectivity index (χ2n) is 7.37. The number of rotatable bonds is 2. The van der Waals surface area contributed by atoms with Crippen LogP contribution in [0.3, 0.4) is 0 Å². The molecule has 0 spiro atoms. The number of carbonyl (C=O) groups is 1. The van der Waals surface area contributed by atoms with Crippen LogP contribution >= 0.6 is 0 Å². The number of imidazole rings is 1. The summed E-state index contributed by atoms with van der Waals surface area (Å²) in [5.74, 6) is 1.51. The minimum Gasteiger partial charge on any atom is -0.341 e. The van der Waals surface area contributed by atoms with Crippen LogP contribution in [0.1, 0.15) is 20.3 Å². The van der Waals surface area contributed by atoms with Crippen molar-refractivity contribution in [2.24, 2.45) is 18.9 Å². The van der Waals surface area contributed by atoms with Crippen LogP contribution in [-0.2, 0) is 18.4 Å². The van der Waals surface area contributed by atoms with Crippen LogP contribution in [0.5, 0.6) is 0 Å². The Hall–Kier alpha value is -2.57. The molecule has 0 aliphatic carbocycles. The van der Waals surface area contributed by atoms with Crippen LogP contribution in [0.25, 0.3) is 16.8 Å². The number of nitrogens with zero attached hydrogens (tertiary/aromatic N) is 5. The lowest BCUT2D eigenvalue weighted by Gasteiger charge is -2.34. The molecule has 3 heterocycles. The largest absolute Gasteiger partial charge is 0.352 e. The van der Waals surface area contributed by atoms with E-state index >= 15 is 0 Å². The number of aromatic nitrogens is 4. The molecule has 3 aromatic rings. The third-order valence-corrected chi connectivity index (χ3v) is 5.11. The zero-order valence-corrected chi connectivity index (χ0v) is 14.8. The summed E-state index contributed by atoms with van der Waals surface area (Å²) in [6.07, 6.45) is 1.14. The monoisotopic (exact) mass is 341 g/mol. The molecule has 132 valence electrons. The Kier molecular flexibility index (Phi) is 3.67. The first-order valence-electron chi connectivity index (χ1n) is 8.76. The number of amides is 1. The fraction of sp³-hybridized carbons (Fsp3) is 0.500. The lowest BCUT2D eigenvalue weighted by Crippen LogP contribution is -2.45. The molecule has 1 amide bonds. The van der Waals surface area contributed by atoms with Gasteiger partial charge in [0.1, 0.15) is 6.54 Å². The van der Waals surface area contributed by atoms with Crippen molar-refractivity contribution < 1.29 is 4.79 Å². The van der Waals surface area contributed by atoms with Crippen molar-refractivity contribution in [1.82, 2.24) is 23.6 Å². The summed E-state index contributed by atoms with van der Waals surface area (Å²) >= 11 is 0. The molecule has 25 heavy (non-hydrogen) atoms. The van der Waals surface area contributed by atoms with E-state index in [0.717, 1.165) is 30.5 Å². The Morgan fingerprint density at radius 2 is 1.80 bits per heavy atom. The fourth-order valence-electron chi connectivity index (χ4n) is 4.07. The van der Waals surface area contributed by atoms with Crippen molar-refractivity contribution in [2.75, 3.05) is 13.1 Å². The molecule has 7 heteroatoms. The van der Waals surface area contributed by atoms with Gasteiger partial charge in [-0.15, -0.1) is 5.10 Å². The maximum Gasteiger partial charge on any atom is 0.352 e. The van der Waals surface area contributed by atoms with Crippen LogP contribution in [-0.4, -0.2) is 42.6 Å². The number of fused-ring (bicyclic) bond motifs is 3. The van der Waals surface area contributed by atoms with E-state index < -0.39 is 0 Å². The van der Waals surface area contributed by atoms with Gasteiger partial charge in [-0.25, -0.2) is 13.9 Å².